The van der Waals surface area contributed by atoms with Crippen molar-refractivity contribution in [3.8, 4) is 45.0 Å². The van der Waals surface area contributed by atoms with Crippen molar-refractivity contribution in [2.45, 2.75) is 66.5 Å². The number of anilines is 2. The maximum Gasteiger partial charge on any atom is 0.275 e. The lowest BCUT2D eigenvalue weighted by Crippen LogP contribution is -2.17. The Balaban J connectivity index is 0.000000220. The summed E-state index contributed by atoms with van der Waals surface area (Å²) in [5.74, 6) is -0.555. The normalized spacial score (nSPS) is 12.6. The van der Waals surface area contributed by atoms with Crippen LogP contribution in [0.4, 0.5) is 20.4 Å². The van der Waals surface area contributed by atoms with Crippen LogP contribution in [0.15, 0.2) is 94.1 Å². The van der Waals surface area contributed by atoms with Crippen LogP contribution >= 0.6 is 23.2 Å². The smallest absolute Gasteiger partial charge is 0.275 e. The third-order valence-corrected chi connectivity index (χ3v) is 10.7. The lowest BCUT2D eigenvalue weighted by Gasteiger charge is -2.11. The second-order valence-corrected chi connectivity index (χ2v) is 15.6. The molecule has 2 aliphatic rings. The number of nitrogens with one attached hydrogen (secondary N) is 1. The van der Waals surface area contributed by atoms with Crippen molar-refractivity contribution >= 4 is 44.7 Å². The zero-order valence-corrected chi connectivity index (χ0v) is 32.1. The van der Waals surface area contributed by atoms with Gasteiger partial charge in [-0.1, -0.05) is 69.7 Å². The van der Waals surface area contributed by atoms with Gasteiger partial charge >= 0.3 is 0 Å². The second kappa shape index (κ2) is 18.0. The van der Waals surface area contributed by atoms with Gasteiger partial charge in [-0.05, 0) is 60.4 Å². The minimum Gasteiger partial charge on any atom is -0.319 e. The molecule has 15 nitrogen and oxygen atoms in total. The summed E-state index contributed by atoms with van der Waals surface area (Å²) in [5, 5.41) is 2.89. The van der Waals surface area contributed by atoms with Gasteiger partial charge in [-0.2, -0.15) is 0 Å². The standard InChI is InChI=1S/C20H14Cl2FN7O.C17H15FN4O3S.3CH4/c21-17-15(18(22)26-10-25-17)28-20-24-7-6-13(27-20)16-14(11-2-4-12(23)5-3-11)19(31)30-9-1-8-29(16)30;1-26(24,25)17-19-8-7-13(20-17)15-14(11-3-5-12(18)6-4-11)16(23)22-10-2-9-21(15)22;;;/h2-7,10H,1,8-9H2,(H,24,27,28);3-8H,2,9-10H2,1H3;3*1H4. The van der Waals surface area contributed by atoms with E-state index in [2.05, 4.69) is 35.2 Å². The average Bonchev–Trinajstić information content (AvgIpc) is 3.98. The highest BCUT2D eigenvalue weighted by atomic mass is 35.5. The Labute approximate surface area is 354 Å². The van der Waals surface area contributed by atoms with E-state index >= 15 is 0 Å². The molecule has 2 aliphatic heterocycles. The number of hydrogen-bond donors (Lipinski definition) is 1. The molecule has 2 aromatic carbocycles. The van der Waals surface area contributed by atoms with Crippen LogP contribution in [0.2, 0.25) is 10.3 Å². The van der Waals surface area contributed by atoms with Crippen molar-refractivity contribution in [2.75, 3.05) is 11.6 Å². The largest absolute Gasteiger partial charge is 0.319 e. The van der Waals surface area contributed by atoms with E-state index in [1.54, 1.807) is 44.5 Å². The van der Waals surface area contributed by atoms with Crippen LogP contribution in [0.3, 0.4) is 0 Å². The second-order valence-electron chi connectivity index (χ2n) is 13.0. The minimum absolute atomic E-state index is 0. The molecule has 0 radical (unpaired) electrons. The molecule has 0 unspecified atom stereocenters. The SMILES string of the molecule is C.C.C.CS(=O)(=O)c1nccc(-c2c(-c3ccc(F)cc3)c(=O)n3n2CCC3)n1.O=c1c(-c2ccc(F)cc2)c(-c2ccnc(Nc3c(Cl)ncnc3Cl)n2)n2n1CCC2. The number of nitrogens with zero attached hydrogens (tertiary/aromatic N) is 10. The first kappa shape index (κ1) is 45.0. The zero-order valence-electron chi connectivity index (χ0n) is 29.8. The van der Waals surface area contributed by atoms with Crippen LogP contribution in [0.25, 0.3) is 45.0 Å². The number of sulfone groups is 1. The molecular formula is C40H41Cl2F2N11O4S. The Morgan fingerprint density at radius 3 is 1.52 bits per heavy atom. The highest BCUT2D eigenvalue weighted by molar-refractivity contribution is 7.90. The molecule has 9 rings (SSSR count). The average molecular weight is 881 g/mol. The Morgan fingerprint density at radius 2 is 1.05 bits per heavy atom. The highest BCUT2D eigenvalue weighted by Gasteiger charge is 2.28. The predicted molar refractivity (Wildman–Crippen MR) is 228 cm³/mol. The van der Waals surface area contributed by atoms with Crippen LogP contribution in [0.1, 0.15) is 35.1 Å². The molecule has 60 heavy (non-hydrogen) atoms. The molecule has 20 heteroatoms. The summed E-state index contributed by atoms with van der Waals surface area (Å²) in [6, 6.07) is 14.8. The quantitative estimate of drug-likeness (QED) is 0.122. The van der Waals surface area contributed by atoms with E-state index in [-0.39, 0.29) is 66.3 Å². The molecule has 0 spiro atoms. The molecule has 0 amide bonds. The highest BCUT2D eigenvalue weighted by Crippen LogP contribution is 2.34. The topological polar surface area (TPSA) is 177 Å². The molecule has 0 bridgehead atoms. The van der Waals surface area contributed by atoms with Crippen LogP contribution in [0.5, 0.6) is 0 Å². The Kier molecular flexibility index (Phi) is 13.5. The maximum atomic E-state index is 13.5. The molecule has 7 aromatic rings. The Bertz CT molecular complexity index is 2900. The van der Waals surface area contributed by atoms with E-state index in [0.717, 1.165) is 19.1 Å². The van der Waals surface area contributed by atoms with E-state index in [4.69, 9.17) is 23.2 Å². The first-order valence-corrected chi connectivity index (χ1v) is 20.0. The summed E-state index contributed by atoms with van der Waals surface area (Å²) in [6.07, 6.45) is 6.85. The third kappa shape index (κ3) is 8.48. The molecular weight excluding hydrogens is 839 g/mol. The number of aromatic nitrogens is 10. The van der Waals surface area contributed by atoms with E-state index in [0.29, 0.717) is 71.2 Å². The monoisotopic (exact) mass is 879 g/mol. The fraction of sp³-hybridized carbons (Fsp3) is 0.250. The fourth-order valence-electron chi connectivity index (χ4n) is 6.87. The van der Waals surface area contributed by atoms with Crippen LogP contribution in [-0.4, -0.2) is 63.3 Å². The van der Waals surface area contributed by atoms with Crippen molar-refractivity contribution in [1.82, 2.24) is 48.6 Å². The molecule has 0 aliphatic carbocycles. The van der Waals surface area contributed by atoms with Crippen molar-refractivity contribution in [2.24, 2.45) is 0 Å². The minimum atomic E-state index is -3.59. The van der Waals surface area contributed by atoms with Crippen molar-refractivity contribution in [3.63, 3.8) is 0 Å². The molecule has 0 atom stereocenters. The van der Waals surface area contributed by atoms with Gasteiger partial charge in [0.2, 0.25) is 20.9 Å². The molecule has 5 aromatic heterocycles. The summed E-state index contributed by atoms with van der Waals surface area (Å²) >= 11 is 12.2. The van der Waals surface area contributed by atoms with E-state index in [1.807, 2.05) is 4.68 Å². The summed E-state index contributed by atoms with van der Waals surface area (Å²) in [7, 11) is -3.59. The first-order chi connectivity index (χ1) is 27.4. The van der Waals surface area contributed by atoms with E-state index in [1.165, 1.54) is 48.9 Å². The van der Waals surface area contributed by atoms with Crippen molar-refractivity contribution in [1.29, 1.82) is 0 Å². The lowest BCUT2D eigenvalue weighted by molar-refractivity contribution is 0.590. The number of rotatable bonds is 7. The molecule has 0 saturated heterocycles. The molecule has 1 N–H and O–H groups in total. The predicted octanol–water partition coefficient (Wildman–Crippen LogP) is 7.79. The molecule has 0 saturated carbocycles. The summed E-state index contributed by atoms with van der Waals surface area (Å²) in [6.45, 7) is 2.46. The Morgan fingerprint density at radius 1 is 0.617 bits per heavy atom. The van der Waals surface area contributed by atoms with Gasteiger partial charge in [-0.25, -0.2) is 56.5 Å². The number of benzene rings is 2. The Hall–Kier alpha value is -6.11. The number of halogens is 4. The zero-order chi connectivity index (χ0) is 40.0. The molecule has 0 fully saturated rings. The van der Waals surface area contributed by atoms with Crippen LogP contribution in [0, 0.1) is 11.6 Å². The van der Waals surface area contributed by atoms with Gasteiger partial charge in [0.25, 0.3) is 11.1 Å². The van der Waals surface area contributed by atoms with Gasteiger partial charge in [-0.3, -0.25) is 19.0 Å². The van der Waals surface area contributed by atoms with Gasteiger partial charge in [0.1, 0.15) is 23.6 Å². The van der Waals surface area contributed by atoms with Gasteiger partial charge in [0.15, 0.2) is 10.3 Å². The van der Waals surface area contributed by atoms with Crippen molar-refractivity contribution < 1.29 is 17.2 Å². The molecule has 314 valence electrons. The number of fused-ring (bicyclic) bond motifs is 2. The van der Waals surface area contributed by atoms with Gasteiger partial charge < -0.3 is 5.32 Å². The fourth-order valence-corrected chi connectivity index (χ4v) is 7.79. The van der Waals surface area contributed by atoms with Crippen LogP contribution in [-0.2, 0) is 36.0 Å². The molecule has 7 heterocycles. The van der Waals surface area contributed by atoms with E-state index < -0.39 is 15.7 Å². The summed E-state index contributed by atoms with van der Waals surface area (Å²) < 4.78 is 57.4. The first-order valence-electron chi connectivity index (χ1n) is 17.4. The summed E-state index contributed by atoms with van der Waals surface area (Å²) in [4.78, 5) is 50.6. The third-order valence-electron chi connectivity index (χ3n) is 9.31. The van der Waals surface area contributed by atoms with Crippen molar-refractivity contribution in [3.05, 3.63) is 122 Å². The van der Waals surface area contributed by atoms with Gasteiger partial charge in [-0.15, -0.1) is 0 Å². The maximum absolute atomic E-state index is 13.5. The lowest BCUT2D eigenvalue weighted by atomic mass is 10.0. The van der Waals surface area contributed by atoms with Gasteiger partial charge in [0, 0.05) is 44.8 Å². The number of hydrogen-bond acceptors (Lipinski definition) is 11. The van der Waals surface area contributed by atoms with Crippen LogP contribution < -0.4 is 16.4 Å². The summed E-state index contributed by atoms with van der Waals surface area (Å²) in [5.41, 5.74) is 3.97. The van der Waals surface area contributed by atoms with E-state index in [9.17, 15) is 26.8 Å². The van der Waals surface area contributed by atoms with Gasteiger partial charge in [0.05, 0.1) is 33.9 Å².